The number of aliphatic imine (C=N–C) groups is 1. The van der Waals surface area contributed by atoms with Crippen molar-refractivity contribution >= 4 is 5.96 Å². The van der Waals surface area contributed by atoms with Crippen LogP contribution in [0.1, 0.15) is 38.2 Å². The molecule has 24 heavy (non-hydrogen) atoms. The van der Waals surface area contributed by atoms with Crippen LogP contribution in [0.15, 0.2) is 35.3 Å². The maximum atomic E-state index is 5.84. The molecular formula is C20H31N3O. The van der Waals surface area contributed by atoms with E-state index in [0.29, 0.717) is 17.9 Å². The lowest BCUT2D eigenvalue weighted by Crippen LogP contribution is -2.44. The zero-order chi connectivity index (χ0) is 16.8. The number of nitrogens with one attached hydrogen (secondary N) is 1. The third-order valence-electron chi connectivity index (χ3n) is 5.49. The van der Waals surface area contributed by atoms with E-state index in [1.165, 1.54) is 37.8 Å². The average Bonchev–Trinajstić information content (AvgIpc) is 3.02. The first-order valence-corrected chi connectivity index (χ1v) is 9.28. The maximum absolute atomic E-state index is 5.84. The second-order valence-electron chi connectivity index (χ2n) is 7.56. The molecule has 1 aliphatic carbocycles. The second-order valence-corrected chi connectivity index (χ2v) is 7.56. The first kappa shape index (κ1) is 17.3. The summed E-state index contributed by atoms with van der Waals surface area (Å²) in [5, 5.41) is 3.54. The molecule has 1 heterocycles. The van der Waals surface area contributed by atoms with Crippen LogP contribution >= 0.6 is 0 Å². The third kappa shape index (κ3) is 4.29. The monoisotopic (exact) mass is 329 g/mol. The van der Waals surface area contributed by atoms with Gasteiger partial charge < -0.3 is 15.0 Å². The van der Waals surface area contributed by atoms with E-state index in [4.69, 9.17) is 4.74 Å². The van der Waals surface area contributed by atoms with Crippen LogP contribution in [-0.2, 0) is 11.3 Å². The summed E-state index contributed by atoms with van der Waals surface area (Å²) in [6.45, 7) is 6.93. The van der Waals surface area contributed by atoms with Gasteiger partial charge in [-0.2, -0.15) is 0 Å². The van der Waals surface area contributed by atoms with Gasteiger partial charge in [0.2, 0.25) is 0 Å². The lowest BCUT2D eigenvalue weighted by molar-refractivity contribution is 0.0928. The number of hydrogen-bond donors (Lipinski definition) is 1. The summed E-state index contributed by atoms with van der Waals surface area (Å²) in [6.07, 6.45) is 5.56. The van der Waals surface area contributed by atoms with Crippen molar-refractivity contribution in [3.8, 4) is 0 Å². The van der Waals surface area contributed by atoms with Gasteiger partial charge in [-0.1, -0.05) is 43.7 Å². The normalized spacial score (nSPS) is 20.9. The first-order chi connectivity index (χ1) is 11.7. The molecule has 1 spiro atoms. The van der Waals surface area contributed by atoms with Gasteiger partial charge in [-0.05, 0) is 36.2 Å². The van der Waals surface area contributed by atoms with E-state index >= 15 is 0 Å². The predicted octanol–water partition coefficient (Wildman–Crippen LogP) is 3.29. The summed E-state index contributed by atoms with van der Waals surface area (Å²) in [7, 11) is 1.89. The van der Waals surface area contributed by atoms with E-state index in [2.05, 4.69) is 46.4 Å². The standard InChI is InChI=1S/C20H31N3O/c1-17(14-24-15-18-7-4-3-5-8-18)13-22-19(21-2)23-12-11-20(16-23)9-6-10-20/h3-5,7-8,17H,6,9-16H2,1-2H3,(H,21,22). The zero-order valence-electron chi connectivity index (χ0n) is 15.1. The molecule has 0 aromatic heterocycles. The highest BCUT2D eigenvalue weighted by molar-refractivity contribution is 5.80. The lowest BCUT2D eigenvalue weighted by Gasteiger charge is -2.38. The largest absolute Gasteiger partial charge is 0.376 e. The highest BCUT2D eigenvalue weighted by atomic mass is 16.5. The molecule has 1 saturated heterocycles. The number of likely N-dealkylation sites (tertiary alicyclic amines) is 1. The van der Waals surface area contributed by atoms with E-state index in [9.17, 15) is 0 Å². The van der Waals surface area contributed by atoms with E-state index in [1.807, 2.05) is 13.1 Å². The number of rotatable bonds is 6. The molecule has 3 rings (SSSR count). The van der Waals surface area contributed by atoms with E-state index < -0.39 is 0 Å². The highest BCUT2D eigenvalue weighted by Crippen LogP contribution is 2.47. The summed E-state index contributed by atoms with van der Waals surface area (Å²) < 4.78 is 5.84. The van der Waals surface area contributed by atoms with Gasteiger partial charge in [0.05, 0.1) is 13.2 Å². The molecule has 1 N–H and O–H groups in total. The van der Waals surface area contributed by atoms with E-state index in [0.717, 1.165) is 25.7 Å². The summed E-state index contributed by atoms with van der Waals surface area (Å²) in [5.74, 6) is 1.53. The van der Waals surface area contributed by atoms with Crippen molar-refractivity contribution in [2.75, 3.05) is 33.3 Å². The van der Waals surface area contributed by atoms with Gasteiger partial charge in [0.25, 0.3) is 0 Å². The summed E-state index contributed by atoms with van der Waals surface area (Å²) in [5.41, 5.74) is 1.85. The minimum absolute atomic E-state index is 0.464. The maximum Gasteiger partial charge on any atom is 0.193 e. The Bertz CT molecular complexity index is 539. The van der Waals surface area contributed by atoms with Gasteiger partial charge in [0, 0.05) is 26.7 Å². The van der Waals surface area contributed by atoms with Crippen molar-refractivity contribution in [3.63, 3.8) is 0 Å². The van der Waals surface area contributed by atoms with Crippen LogP contribution in [0.5, 0.6) is 0 Å². The molecule has 1 aliphatic heterocycles. The average molecular weight is 329 g/mol. The number of benzene rings is 1. The first-order valence-electron chi connectivity index (χ1n) is 9.28. The van der Waals surface area contributed by atoms with Crippen molar-refractivity contribution in [2.45, 2.75) is 39.2 Å². The molecule has 1 unspecified atom stereocenters. The van der Waals surface area contributed by atoms with Gasteiger partial charge in [-0.15, -0.1) is 0 Å². The van der Waals surface area contributed by atoms with E-state index in [1.54, 1.807) is 0 Å². The van der Waals surface area contributed by atoms with Gasteiger partial charge in [-0.3, -0.25) is 4.99 Å². The molecule has 0 radical (unpaired) electrons. The van der Waals surface area contributed by atoms with Gasteiger partial charge in [0.15, 0.2) is 5.96 Å². The lowest BCUT2D eigenvalue weighted by atomic mass is 9.68. The van der Waals surface area contributed by atoms with Gasteiger partial charge in [-0.25, -0.2) is 0 Å². The Balaban J connectivity index is 1.36. The van der Waals surface area contributed by atoms with Crippen LogP contribution < -0.4 is 5.32 Å². The van der Waals surface area contributed by atoms with Crippen LogP contribution in [0.2, 0.25) is 0 Å². The summed E-state index contributed by atoms with van der Waals surface area (Å²) in [6, 6.07) is 10.4. The quantitative estimate of drug-likeness (QED) is 0.643. The fourth-order valence-corrected chi connectivity index (χ4v) is 3.81. The summed E-state index contributed by atoms with van der Waals surface area (Å²) in [4.78, 5) is 6.93. The molecule has 0 bridgehead atoms. The zero-order valence-corrected chi connectivity index (χ0v) is 15.1. The molecular weight excluding hydrogens is 298 g/mol. The Morgan fingerprint density at radius 1 is 1.29 bits per heavy atom. The van der Waals surface area contributed by atoms with Crippen molar-refractivity contribution in [2.24, 2.45) is 16.3 Å². The molecule has 2 fully saturated rings. The Hall–Kier alpha value is -1.55. The second kappa shape index (κ2) is 8.02. The Morgan fingerprint density at radius 3 is 2.71 bits per heavy atom. The van der Waals surface area contributed by atoms with Gasteiger partial charge in [0.1, 0.15) is 0 Å². The molecule has 1 aromatic carbocycles. The van der Waals surface area contributed by atoms with Crippen LogP contribution in [-0.4, -0.2) is 44.1 Å². The van der Waals surface area contributed by atoms with Crippen molar-refractivity contribution in [3.05, 3.63) is 35.9 Å². The molecule has 132 valence electrons. The van der Waals surface area contributed by atoms with Crippen LogP contribution in [0.4, 0.5) is 0 Å². The van der Waals surface area contributed by atoms with Crippen LogP contribution in [0.25, 0.3) is 0 Å². The Morgan fingerprint density at radius 2 is 2.08 bits per heavy atom. The molecule has 4 nitrogen and oxygen atoms in total. The summed E-state index contributed by atoms with van der Waals surface area (Å²) >= 11 is 0. The Kier molecular flexibility index (Phi) is 5.77. The highest BCUT2D eigenvalue weighted by Gasteiger charge is 2.43. The van der Waals surface area contributed by atoms with Crippen molar-refractivity contribution < 1.29 is 4.74 Å². The minimum Gasteiger partial charge on any atom is -0.376 e. The molecule has 1 atom stereocenters. The molecule has 4 heteroatoms. The number of hydrogen-bond acceptors (Lipinski definition) is 2. The fourth-order valence-electron chi connectivity index (χ4n) is 3.81. The van der Waals surface area contributed by atoms with Gasteiger partial charge >= 0.3 is 0 Å². The minimum atomic E-state index is 0.464. The van der Waals surface area contributed by atoms with E-state index in [-0.39, 0.29) is 0 Å². The van der Waals surface area contributed by atoms with Crippen LogP contribution in [0.3, 0.4) is 0 Å². The number of guanidine groups is 1. The molecule has 0 amide bonds. The number of nitrogens with zero attached hydrogens (tertiary/aromatic N) is 2. The molecule has 1 aromatic rings. The SMILES string of the molecule is CN=C(NCC(C)COCc1ccccc1)N1CCC2(CCC2)C1. The molecule has 1 saturated carbocycles. The topological polar surface area (TPSA) is 36.9 Å². The fraction of sp³-hybridized carbons (Fsp3) is 0.650. The van der Waals surface area contributed by atoms with Crippen molar-refractivity contribution in [1.29, 1.82) is 0 Å². The van der Waals surface area contributed by atoms with Crippen molar-refractivity contribution in [1.82, 2.24) is 10.2 Å². The molecule has 2 aliphatic rings. The smallest absolute Gasteiger partial charge is 0.193 e. The van der Waals surface area contributed by atoms with Crippen LogP contribution in [0, 0.1) is 11.3 Å². The number of ether oxygens (including phenoxy) is 1. The Labute approximate surface area is 146 Å². The third-order valence-corrected chi connectivity index (χ3v) is 5.49. The predicted molar refractivity (Wildman–Crippen MR) is 99.1 cm³/mol.